The number of amides is 2. The lowest BCUT2D eigenvalue weighted by atomic mass is 9.92. The van der Waals surface area contributed by atoms with Crippen molar-refractivity contribution in [1.82, 2.24) is 19.8 Å². The van der Waals surface area contributed by atoms with Crippen molar-refractivity contribution < 1.29 is 14.3 Å². The SMILES string of the molecule is CCCCN1C(=O)C[C@@H](C(=O)NCCCn2cnc3ccccc32)[C@H]1c1ccc(OC)cc1. The third-order valence-corrected chi connectivity index (χ3v) is 6.38. The number of aryl methyl sites for hydroxylation is 1. The summed E-state index contributed by atoms with van der Waals surface area (Å²) in [5.41, 5.74) is 3.04. The van der Waals surface area contributed by atoms with Gasteiger partial charge in [0.15, 0.2) is 0 Å². The second-order valence-corrected chi connectivity index (χ2v) is 8.54. The summed E-state index contributed by atoms with van der Waals surface area (Å²) in [5.74, 6) is 0.362. The Hall–Kier alpha value is -3.35. The highest BCUT2D eigenvalue weighted by molar-refractivity contribution is 5.90. The number of ether oxygens (including phenoxy) is 1. The van der Waals surface area contributed by atoms with Gasteiger partial charge in [0, 0.05) is 26.1 Å². The van der Waals surface area contributed by atoms with Gasteiger partial charge in [-0.05, 0) is 42.7 Å². The van der Waals surface area contributed by atoms with Crippen molar-refractivity contribution in [3.05, 3.63) is 60.4 Å². The molecule has 2 aromatic carbocycles. The number of aromatic nitrogens is 2. The Morgan fingerprint density at radius 3 is 2.67 bits per heavy atom. The first kappa shape index (κ1) is 22.8. The van der Waals surface area contributed by atoms with E-state index in [1.165, 1.54) is 0 Å². The molecule has 7 heteroatoms. The number of nitrogens with one attached hydrogen (secondary N) is 1. The summed E-state index contributed by atoms with van der Waals surface area (Å²) in [7, 11) is 1.63. The van der Waals surface area contributed by atoms with Gasteiger partial charge in [0.1, 0.15) is 5.75 Å². The highest BCUT2D eigenvalue weighted by Crippen LogP contribution is 2.39. The van der Waals surface area contributed by atoms with Crippen LogP contribution in [0.4, 0.5) is 0 Å². The van der Waals surface area contributed by atoms with Crippen LogP contribution in [0.3, 0.4) is 0 Å². The summed E-state index contributed by atoms with van der Waals surface area (Å²) in [6.45, 7) is 4.11. The average Bonchev–Trinajstić information content (AvgIpc) is 3.41. The molecule has 7 nitrogen and oxygen atoms in total. The van der Waals surface area contributed by atoms with E-state index in [4.69, 9.17) is 4.74 Å². The van der Waals surface area contributed by atoms with Crippen molar-refractivity contribution in [3.63, 3.8) is 0 Å². The normalized spacial score (nSPS) is 18.1. The molecule has 33 heavy (non-hydrogen) atoms. The van der Waals surface area contributed by atoms with Crippen molar-refractivity contribution in [2.75, 3.05) is 20.2 Å². The molecular formula is C26H32N4O3. The molecule has 0 unspecified atom stereocenters. The molecule has 1 N–H and O–H groups in total. The number of hydrogen-bond donors (Lipinski definition) is 1. The van der Waals surface area contributed by atoms with Crippen LogP contribution in [-0.2, 0) is 16.1 Å². The van der Waals surface area contributed by atoms with Crippen molar-refractivity contribution in [2.24, 2.45) is 5.92 Å². The molecule has 1 aromatic heterocycles. The smallest absolute Gasteiger partial charge is 0.226 e. The number of para-hydroxylation sites is 2. The Kier molecular flexibility index (Phi) is 7.27. The molecule has 0 bridgehead atoms. The molecule has 2 amide bonds. The van der Waals surface area contributed by atoms with Crippen LogP contribution >= 0.6 is 0 Å². The minimum atomic E-state index is -0.392. The summed E-state index contributed by atoms with van der Waals surface area (Å²) >= 11 is 0. The zero-order valence-corrected chi connectivity index (χ0v) is 19.4. The van der Waals surface area contributed by atoms with Gasteiger partial charge in [-0.15, -0.1) is 0 Å². The maximum Gasteiger partial charge on any atom is 0.226 e. The van der Waals surface area contributed by atoms with E-state index in [1.54, 1.807) is 7.11 Å². The first-order chi connectivity index (χ1) is 16.1. The number of methoxy groups -OCH3 is 1. The molecule has 1 saturated heterocycles. The summed E-state index contributed by atoms with van der Waals surface area (Å²) in [4.78, 5) is 32.3. The van der Waals surface area contributed by atoms with Crippen molar-refractivity contribution in [2.45, 2.75) is 45.2 Å². The van der Waals surface area contributed by atoms with Crippen LogP contribution in [-0.4, -0.2) is 46.5 Å². The second-order valence-electron chi connectivity index (χ2n) is 8.54. The predicted octanol–water partition coefficient (Wildman–Crippen LogP) is 3.94. The molecule has 0 spiro atoms. The molecule has 174 valence electrons. The molecule has 1 aliphatic heterocycles. The van der Waals surface area contributed by atoms with E-state index in [1.807, 2.05) is 53.7 Å². The Bertz CT molecular complexity index is 1090. The van der Waals surface area contributed by atoms with Crippen LogP contribution in [0.25, 0.3) is 11.0 Å². The number of imidazole rings is 1. The Labute approximate surface area is 194 Å². The van der Waals surface area contributed by atoms with Gasteiger partial charge in [-0.1, -0.05) is 37.6 Å². The van der Waals surface area contributed by atoms with E-state index in [9.17, 15) is 9.59 Å². The maximum atomic E-state index is 13.2. The standard InChI is InChI=1S/C26H32N4O3/c1-3-4-16-30-24(31)17-21(25(30)19-10-12-20(33-2)13-11-19)26(32)27-14-7-15-29-18-28-22-8-5-6-9-23(22)29/h5-6,8-13,18,21,25H,3-4,7,14-17H2,1-2H3,(H,27,32)/t21-,25-/m1/s1. The lowest BCUT2D eigenvalue weighted by molar-refractivity contribution is -0.129. The summed E-state index contributed by atoms with van der Waals surface area (Å²) in [6, 6.07) is 15.5. The van der Waals surface area contributed by atoms with E-state index in [-0.39, 0.29) is 24.3 Å². The minimum absolute atomic E-state index is 0.0503. The van der Waals surface area contributed by atoms with Gasteiger partial charge in [0.05, 0.1) is 36.4 Å². The Morgan fingerprint density at radius 2 is 1.91 bits per heavy atom. The zero-order valence-electron chi connectivity index (χ0n) is 19.4. The Morgan fingerprint density at radius 1 is 1.12 bits per heavy atom. The molecule has 0 radical (unpaired) electrons. The van der Waals surface area contributed by atoms with E-state index in [0.717, 1.165) is 48.2 Å². The highest BCUT2D eigenvalue weighted by atomic mass is 16.5. The number of rotatable bonds is 10. The predicted molar refractivity (Wildman–Crippen MR) is 128 cm³/mol. The molecular weight excluding hydrogens is 416 g/mol. The van der Waals surface area contributed by atoms with Crippen molar-refractivity contribution >= 4 is 22.8 Å². The second kappa shape index (κ2) is 10.5. The van der Waals surface area contributed by atoms with E-state index in [2.05, 4.69) is 27.9 Å². The van der Waals surface area contributed by atoms with Crippen LogP contribution in [0, 0.1) is 5.92 Å². The first-order valence-corrected chi connectivity index (χ1v) is 11.7. The molecule has 2 atom stereocenters. The van der Waals surface area contributed by atoms with Gasteiger partial charge in [-0.3, -0.25) is 9.59 Å². The van der Waals surface area contributed by atoms with Crippen LogP contribution in [0.2, 0.25) is 0 Å². The zero-order chi connectivity index (χ0) is 23.2. The number of unbranched alkanes of at least 4 members (excludes halogenated alkanes) is 1. The molecule has 4 rings (SSSR count). The summed E-state index contributed by atoms with van der Waals surface area (Å²) in [6.07, 6.45) is 4.80. The average molecular weight is 449 g/mol. The number of carbonyl (C=O) groups excluding carboxylic acids is 2. The Balaban J connectivity index is 1.41. The molecule has 1 aliphatic rings. The van der Waals surface area contributed by atoms with Gasteiger partial charge >= 0.3 is 0 Å². The maximum absolute atomic E-state index is 13.2. The first-order valence-electron chi connectivity index (χ1n) is 11.7. The third kappa shape index (κ3) is 5.02. The topological polar surface area (TPSA) is 76.5 Å². The van der Waals surface area contributed by atoms with Crippen molar-refractivity contribution in [3.8, 4) is 5.75 Å². The number of fused-ring (bicyclic) bond motifs is 1. The van der Waals surface area contributed by atoms with E-state index in [0.29, 0.717) is 13.1 Å². The van der Waals surface area contributed by atoms with Crippen LogP contribution < -0.4 is 10.1 Å². The lowest BCUT2D eigenvalue weighted by Crippen LogP contribution is -2.36. The summed E-state index contributed by atoms with van der Waals surface area (Å²) in [5, 5.41) is 3.08. The van der Waals surface area contributed by atoms with Crippen LogP contribution in [0.5, 0.6) is 5.75 Å². The van der Waals surface area contributed by atoms with Gasteiger partial charge in [-0.25, -0.2) is 4.98 Å². The van der Waals surface area contributed by atoms with Gasteiger partial charge in [0.25, 0.3) is 0 Å². The van der Waals surface area contributed by atoms with Gasteiger partial charge < -0.3 is 19.5 Å². The van der Waals surface area contributed by atoms with Crippen LogP contribution in [0.15, 0.2) is 54.9 Å². The number of hydrogen-bond acceptors (Lipinski definition) is 4. The van der Waals surface area contributed by atoms with Gasteiger partial charge in [-0.2, -0.15) is 0 Å². The molecule has 0 aliphatic carbocycles. The number of carbonyl (C=O) groups is 2. The monoisotopic (exact) mass is 448 g/mol. The summed E-state index contributed by atoms with van der Waals surface area (Å²) < 4.78 is 7.38. The highest BCUT2D eigenvalue weighted by Gasteiger charge is 2.43. The minimum Gasteiger partial charge on any atom is -0.497 e. The largest absolute Gasteiger partial charge is 0.497 e. The number of likely N-dealkylation sites (tertiary alicyclic amines) is 1. The fourth-order valence-electron chi connectivity index (χ4n) is 4.61. The molecule has 3 aromatic rings. The number of nitrogens with zero attached hydrogens (tertiary/aromatic N) is 3. The van der Waals surface area contributed by atoms with Crippen LogP contribution in [0.1, 0.15) is 44.2 Å². The van der Waals surface area contributed by atoms with E-state index < -0.39 is 5.92 Å². The molecule has 0 saturated carbocycles. The fourth-order valence-corrected chi connectivity index (χ4v) is 4.61. The van der Waals surface area contributed by atoms with Crippen molar-refractivity contribution in [1.29, 1.82) is 0 Å². The quantitative estimate of drug-likeness (QED) is 0.477. The molecule has 2 heterocycles. The lowest BCUT2D eigenvalue weighted by Gasteiger charge is -2.28. The fraction of sp³-hybridized carbons (Fsp3) is 0.423. The van der Waals surface area contributed by atoms with E-state index >= 15 is 0 Å². The number of benzene rings is 2. The molecule has 1 fully saturated rings. The third-order valence-electron chi connectivity index (χ3n) is 6.38. The van der Waals surface area contributed by atoms with Gasteiger partial charge in [0.2, 0.25) is 11.8 Å².